The van der Waals surface area contributed by atoms with Crippen molar-refractivity contribution in [2.24, 2.45) is 0 Å². The molecule has 1 unspecified atom stereocenters. The van der Waals surface area contributed by atoms with E-state index in [-0.39, 0.29) is 41.4 Å². The minimum atomic E-state index is -3.85. The van der Waals surface area contributed by atoms with Crippen LogP contribution < -0.4 is 5.32 Å². The summed E-state index contributed by atoms with van der Waals surface area (Å²) in [4.78, 5) is 0. The molecule has 0 rings (SSSR count). The molecule has 0 amide bonds. The van der Waals surface area contributed by atoms with Gasteiger partial charge in [-0.1, -0.05) is 12.2 Å². The van der Waals surface area contributed by atoms with E-state index in [1.165, 1.54) is 0 Å². The van der Waals surface area contributed by atoms with Crippen molar-refractivity contribution in [3.05, 3.63) is 12.2 Å². The van der Waals surface area contributed by atoms with Gasteiger partial charge in [0.25, 0.3) is 10.1 Å². The molecular formula is C7H16NNaO3S. The third kappa shape index (κ3) is 12.6. The van der Waals surface area contributed by atoms with Crippen LogP contribution >= 0.6 is 0 Å². The van der Waals surface area contributed by atoms with Crippen LogP contribution in [0, 0.1) is 0 Å². The van der Waals surface area contributed by atoms with Gasteiger partial charge in [0.2, 0.25) is 0 Å². The monoisotopic (exact) mass is 217 g/mol. The summed E-state index contributed by atoms with van der Waals surface area (Å²) in [5.41, 5.74) is 0. The Morgan fingerprint density at radius 1 is 1.54 bits per heavy atom. The van der Waals surface area contributed by atoms with Crippen LogP contribution in [0.3, 0.4) is 0 Å². The van der Waals surface area contributed by atoms with Crippen molar-refractivity contribution >= 4 is 39.7 Å². The first-order chi connectivity index (χ1) is 5.45. The van der Waals surface area contributed by atoms with Gasteiger partial charge >= 0.3 is 29.6 Å². The van der Waals surface area contributed by atoms with E-state index in [2.05, 4.69) is 5.32 Å². The Labute approximate surface area is 102 Å². The zero-order chi connectivity index (χ0) is 9.61. The summed E-state index contributed by atoms with van der Waals surface area (Å²) in [5.74, 6) is -0.245. The first kappa shape index (κ1) is 16.1. The normalized spacial score (nSPS) is 14.1. The van der Waals surface area contributed by atoms with Crippen LogP contribution in [0.1, 0.15) is 13.8 Å². The van der Waals surface area contributed by atoms with E-state index < -0.39 is 10.1 Å². The molecule has 0 radical (unpaired) electrons. The van der Waals surface area contributed by atoms with Crippen molar-refractivity contribution in [1.82, 2.24) is 5.32 Å². The molecule has 0 saturated heterocycles. The van der Waals surface area contributed by atoms with E-state index in [4.69, 9.17) is 4.55 Å². The predicted molar refractivity (Wildman–Crippen MR) is 55.8 cm³/mol. The maximum atomic E-state index is 10.4. The molecule has 0 aromatic rings. The van der Waals surface area contributed by atoms with Crippen molar-refractivity contribution in [2.75, 3.05) is 12.3 Å². The van der Waals surface area contributed by atoms with Gasteiger partial charge < -0.3 is 5.32 Å². The number of rotatable bonds is 5. The van der Waals surface area contributed by atoms with E-state index in [0.717, 1.165) is 0 Å². The summed E-state index contributed by atoms with van der Waals surface area (Å²) in [6.07, 6.45) is 3.74. The van der Waals surface area contributed by atoms with Crippen LogP contribution in [0.15, 0.2) is 12.2 Å². The van der Waals surface area contributed by atoms with Crippen LogP contribution in [0.5, 0.6) is 0 Å². The van der Waals surface area contributed by atoms with Crippen molar-refractivity contribution in [3.8, 4) is 0 Å². The van der Waals surface area contributed by atoms with Crippen LogP contribution in [0.25, 0.3) is 0 Å². The average Bonchev–Trinajstić information content (AvgIpc) is 1.84. The fraction of sp³-hybridized carbons (Fsp3) is 0.714. The Morgan fingerprint density at radius 2 is 2.08 bits per heavy atom. The summed E-state index contributed by atoms with van der Waals surface area (Å²) in [5, 5.41) is 2.91. The molecule has 0 aromatic heterocycles. The minimum absolute atomic E-state index is 0. The fourth-order valence-electron chi connectivity index (χ4n) is 0.762. The second kappa shape index (κ2) is 7.96. The molecule has 74 valence electrons. The molecule has 2 N–H and O–H groups in total. The maximum absolute atomic E-state index is 10.4. The van der Waals surface area contributed by atoms with Gasteiger partial charge in [-0.3, -0.25) is 4.55 Å². The second-order valence-electron chi connectivity index (χ2n) is 2.63. The van der Waals surface area contributed by atoms with Gasteiger partial charge in [0.1, 0.15) is 0 Å². The molecule has 6 heteroatoms. The van der Waals surface area contributed by atoms with Gasteiger partial charge in [0, 0.05) is 12.6 Å². The molecule has 0 fully saturated rings. The summed E-state index contributed by atoms with van der Waals surface area (Å²) in [6.45, 7) is 4.21. The topological polar surface area (TPSA) is 66.4 Å². The first-order valence-electron chi connectivity index (χ1n) is 3.75. The predicted octanol–water partition coefficient (Wildman–Crippen LogP) is -0.220. The summed E-state index contributed by atoms with van der Waals surface area (Å²) < 4.78 is 29.2. The summed E-state index contributed by atoms with van der Waals surface area (Å²) in [6, 6.07) is -0.226. The van der Waals surface area contributed by atoms with Gasteiger partial charge in [-0.05, 0) is 13.8 Å². The Balaban J connectivity index is 0. The van der Waals surface area contributed by atoms with E-state index in [1.54, 1.807) is 6.92 Å². The van der Waals surface area contributed by atoms with Crippen LogP contribution in [0.2, 0.25) is 0 Å². The molecule has 4 nitrogen and oxygen atoms in total. The van der Waals surface area contributed by atoms with Gasteiger partial charge in [0.15, 0.2) is 0 Å². The Hall–Kier alpha value is 0.610. The Bertz CT molecular complexity index is 238. The number of hydrogen-bond donors (Lipinski definition) is 2. The molecule has 0 aromatic carbocycles. The Morgan fingerprint density at radius 3 is 2.46 bits per heavy atom. The van der Waals surface area contributed by atoms with E-state index in [9.17, 15) is 8.42 Å². The second-order valence-corrected chi connectivity index (χ2v) is 4.12. The van der Waals surface area contributed by atoms with Gasteiger partial charge in [-0.15, -0.1) is 0 Å². The molecule has 0 bridgehead atoms. The number of hydrogen-bond acceptors (Lipinski definition) is 3. The van der Waals surface area contributed by atoms with Crippen molar-refractivity contribution in [1.29, 1.82) is 0 Å². The van der Waals surface area contributed by atoms with E-state index in [0.29, 0.717) is 6.54 Å². The standard InChI is InChI=1S/C7H15NO3S.Na.H/c1-3-4-5-8-7(2)6-12(9,10)11;;/h3-4,7-8H,5-6H2,1-2H3,(H,9,10,11);;/b4-3+;;. The SMILES string of the molecule is C/C=C/CNC(C)CS(=O)(=O)O.[NaH]. The van der Waals surface area contributed by atoms with Gasteiger partial charge in [-0.25, -0.2) is 0 Å². The van der Waals surface area contributed by atoms with Crippen LogP contribution in [-0.2, 0) is 10.1 Å². The molecule has 13 heavy (non-hydrogen) atoms. The molecular weight excluding hydrogens is 201 g/mol. The quantitative estimate of drug-likeness (QED) is 0.379. The third-order valence-electron chi connectivity index (χ3n) is 1.28. The molecule has 0 aliphatic rings. The molecule has 0 aliphatic carbocycles. The first-order valence-corrected chi connectivity index (χ1v) is 5.36. The van der Waals surface area contributed by atoms with Crippen molar-refractivity contribution in [3.63, 3.8) is 0 Å². The number of allylic oxidation sites excluding steroid dienone is 1. The zero-order valence-electron chi connectivity index (χ0n) is 7.32. The summed E-state index contributed by atoms with van der Waals surface area (Å²) in [7, 11) is -3.85. The van der Waals surface area contributed by atoms with E-state index in [1.807, 2.05) is 19.1 Å². The molecule has 1 atom stereocenters. The molecule has 0 spiro atoms. The van der Waals surface area contributed by atoms with Gasteiger partial charge in [0.05, 0.1) is 5.75 Å². The molecule has 0 heterocycles. The van der Waals surface area contributed by atoms with Crippen LogP contribution in [-0.4, -0.2) is 60.9 Å². The Kier molecular flexibility index (Phi) is 9.83. The van der Waals surface area contributed by atoms with Crippen molar-refractivity contribution in [2.45, 2.75) is 19.9 Å². The molecule has 0 aliphatic heterocycles. The van der Waals surface area contributed by atoms with Gasteiger partial charge in [-0.2, -0.15) is 8.42 Å². The van der Waals surface area contributed by atoms with Crippen molar-refractivity contribution < 1.29 is 13.0 Å². The third-order valence-corrected chi connectivity index (χ3v) is 2.20. The average molecular weight is 217 g/mol. The number of nitrogens with one attached hydrogen (secondary N) is 1. The van der Waals surface area contributed by atoms with Crippen LogP contribution in [0.4, 0.5) is 0 Å². The molecule has 0 saturated carbocycles. The fourth-order valence-corrected chi connectivity index (χ4v) is 1.51. The summed E-state index contributed by atoms with van der Waals surface area (Å²) >= 11 is 0. The van der Waals surface area contributed by atoms with E-state index >= 15 is 0 Å². The zero-order valence-corrected chi connectivity index (χ0v) is 8.13.